The Morgan fingerprint density at radius 2 is 1.95 bits per heavy atom. The van der Waals surface area contributed by atoms with Crippen LogP contribution in [-0.4, -0.2) is 30.8 Å². The van der Waals surface area contributed by atoms with Crippen LogP contribution in [0.5, 0.6) is 0 Å². The summed E-state index contributed by atoms with van der Waals surface area (Å²) in [6.45, 7) is 1.60. The van der Waals surface area contributed by atoms with E-state index in [0.717, 1.165) is 0 Å². The van der Waals surface area contributed by atoms with Crippen LogP contribution in [0.25, 0.3) is 0 Å². The van der Waals surface area contributed by atoms with E-state index in [2.05, 4.69) is 0 Å². The molecule has 0 spiro atoms. The van der Waals surface area contributed by atoms with Crippen molar-refractivity contribution in [2.24, 2.45) is 0 Å². The van der Waals surface area contributed by atoms with E-state index in [1.807, 2.05) is 4.72 Å². The van der Waals surface area contributed by atoms with Crippen LogP contribution in [0.3, 0.4) is 0 Å². The van der Waals surface area contributed by atoms with E-state index in [4.69, 9.17) is 0 Å². The maximum atomic E-state index is 11.8. The molecule has 0 saturated carbocycles. The van der Waals surface area contributed by atoms with Gasteiger partial charge >= 0.3 is 0 Å². The van der Waals surface area contributed by atoms with Crippen LogP contribution in [0.4, 0.5) is 5.69 Å². The number of nitrogens with zero attached hydrogens (tertiary/aromatic N) is 1. The normalized spacial score (nSPS) is 12.7. The Morgan fingerprint density at radius 3 is 2.40 bits per heavy atom. The van der Waals surface area contributed by atoms with Gasteiger partial charge in [-0.25, -0.2) is 8.42 Å². The predicted molar refractivity (Wildman–Crippen MR) is 76.8 cm³/mol. The van der Waals surface area contributed by atoms with E-state index in [0.29, 0.717) is 5.56 Å². The van der Waals surface area contributed by atoms with Gasteiger partial charge in [0.05, 0.1) is 15.9 Å². The second kappa shape index (κ2) is 6.71. The third-order valence-corrected chi connectivity index (χ3v) is 4.63. The summed E-state index contributed by atoms with van der Waals surface area (Å²) in [5, 5.41) is 10.0. The minimum Gasteiger partial charge on any atom is -0.273 e. The van der Waals surface area contributed by atoms with Gasteiger partial charge in [0, 0.05) is 12.1 Å². The lowest BCUT2D eigenvalue weighted by molar-refractivity contribution is -0.384. The minimum absolute atomic E-state index is 0.119. The summed E-state index contributed by atoms with van der Waals surface area (Å²) in [6.07, 6.45) is 1.70. The molecule has 1 atom stereocenters. The zero-order chi connectivity index (χ0) is 15.3. The first-order valence-corrected chi connectivity index (χ1v) is 8.49. The van der Waals surface area contributed by atoms with E-state index in [1.165, 1.54) is 36.0 Å². The standard InChI is InChI=1S/C11H14N2O5S2/c1-8(19-2)11(14)12-20(17,18)7-9-3-5-10(6-4-9)13(15)16/h3-6,8H,7H2,1-2H3,(H,12,14)/t8-/m1/s1. The van der Waals surface area contributed by atoms with E-state index in [9.17, 15) is 23.3 Å². The third kappa shape index (κ3) is 4.82. The Balaban J connectivity index is 2.76. The van der Waals surface area contributed by atoms with E-state index in [-0.39, 0.29) is 5.69 Å². The van der Waals surface area contributed by atoms with Crippen molar-refractivity contribution in [1.29, 1.82) is 0 Å². The lowest BCUT2D eigenvalue weighted by Gasteiger charge is -2.10. The molecule has 9 heteroatoms. The first-order valence-electron chi connectivity index (χ1n) is 5.55. The van der Waals surface area contributed by atoms with Crippen LogP contribution in [0.1, 0.15) is 12.5 Å². The summed E-state index contributed by atoms with van der Waals surface area (Å²) in [5.74, 6) is -0.989. The number of rotatable bonds is 6. The summed E-state index contributed by atoms with van der Waals surface area (Å²) in [4.78, 5) is 21.4. The molecule has 0 fully saturated rings. The molecular weight excluding hydrogens is 304 g/mol. The highest BCUT2D eigenvalue weighted by atomic mass is 32.2. The first-order chi connectivity index (χ1) is 9.25. The summed E-state index contributed by atoms with van der Waals surface area (Å²) in [7, 11) is -3.80. The molecule has 1 rings (SSSR count). The topological polar surface area (TPSA) is 106 Å². The van der Waals surface area contributed by atoms with Crippen molar-refractivity contribution < 1.29 is 18.1 Å². The van der Waals surface area contributed by atoms with Crippen molar-refractivity contribution in [2.45, 2.75) is 17.9 Å². The highest BCUT2D eigenvalue weighted by Gasteiger charge is 2.19. The number of nitrogens with one attached hydrogen (secondary N) is 1. The quantitative estimate of drug-likeness (QED) is 0.626. The highest BCUT2D eigenvalue weighted by molar-refractivity contribution is 8.00. The van der Waals surface area contributed by atoms with Crippen molar-refractivity contribution in [3.05, 3.63) is 39.9 Å². The van der Waals surface area contributed by atoms with E-state index >= 15 is 0 Å². The second-order valence-corrected chi connectivity index (χ2v) is 6.93. The number of non-ortho nitro benzene ring substituents is 1. The maximum Gasteiger partial charge on any atom is 0.269 e. The molecule has 0 saturated heterocycles. The number of nitro benzene ring substituents is 1. The van der Waals surface area contributed by atoms with Crippen LogP contribution >= 0.6 is 11.8 Å². The fraction of sp³-hybridized carbons (Fsp3) is 0.364. The second-order valence-electron chi connectivity index (χ2n) is 4.03. The summed E-state index contributed by atoms with van der Waals surface area (Å²) in [6, 6.07) is 5.13. The number of sulfonamides is 1. The molecule has 1 aromatic carbocycles. The number of nitro groups is 1. The number of carbonyl (C=O) groups is 1. The van der Waals surface area contributed by atoms with Crippen LogP contribution < -0.4 is 4.72 Å². The number of amides is 1. The molecule has 0 aliphatic heterocycles. The molecule has 0 aliphatic carbocycles. The Kier molecular flexibility index (Phi) is 5.52. The number of benzene rings is 1. The molecule has 0 unspecified atom stereocenters. The Morgan fingerprint density at radius 1 is 1.40 bits per heavy atom. The average molecular weight is 318 g/mol. The van der Waals surface area contributed by atoms with Crippen LogP contribution in [-0.2, 0) is 20.6 Å². The number of carbonyl (C=O) groups excluding carboxylic acids is 1. The molecule has 0 radical (unpaired) electrons. The van der Waals surface area contributed by atoms with Gasteiger partial charge in [-0.1, -0.05) is 12.1 Å². The number of hydrogen-bond donors (Lipinski definition) is 1. The van der Waals surface area contributed by atoms with Crippen LogP contribution in [0.15, 0.2) is 24.3 Å². The van der Waals surface area contributed by atoms with E-state index in [1.54, 1.807) is 13.2 Å². The number of hydrogen-bond acceptors (Lipinski definition) is 6. The molecule has 7 nitrogen and oxygen atoms in total. The lowest BCUT2D eigenvalue weighted by Crippen LogP contribution is -2.36. The van der Waals surface area contributed by atoms with Crippen molar-refractivity contribution >= 4 is 33.4 Å². The summed E-state index contributed by atoms with van der Waals surface area (Å²) in [5.41, 5.74) is 0.249. The van der Waals surface area contributed by atoms with Gasteiger partial charge in [-0.3, -0.25) is 19.6 Å². The van der Waals surface area contributed by atoms with Gasteiger partial charge in [0.15, 0.2) is 0 Å². The molecule has 1 N–H and O–H groups in total. The SMILES string of the molecule is CS[C@H](C)C(=O)NS(=O)(=O)Cc1ccc([N+](=O)[O-])cc1. The van der Waals surface area contributed by atoms with E-state index < -0.39 is 31.9 Å². The maximum absolute atomic E-state index is 11.8. The van der Waals surface area contributed by atoms with Gasteiger partial charge in [0.2, 0.25) is 15.9 Å². The molecule has 0 heterocycles. The summed E-state index contributed by atoms with van der Waals surface area (Å²) < 4.78 is 25.5. The van der Waals surface area contributed by atoms with Gasteiger partial charge in [-0.05, 0) is 18.7 Å². The highest BCUT2D eigenvalue weighted by Crippen LogP contribution is 2.14. The third-order valence-electron chi connectivity index (χ3n) is 2.48. The van der Waals surface area contributed by atoms with Gasteiger partial charge in [0.1, 0.15) is 0 Å². The van der Waals surface area contributed by atoms with Gasteiger partial charge in [0.25, 0.3) is 5.69 Å². The molecule has 0 aliphatic rings. The fourth-order valence-electron chi connectivity index (χ4n) is 1.31. The van der Waals surface area contributed by atoms with Gasteiger partial charge in [-0.15, -0.1) is 0 Å². The molecule has 0 bridgehead atoms. The molecule has 20 heavy (non-hydrogen) atoms. The van der Waals surface area contributed by atoms with Gasteiger partial charge < -0.3 is 0 Å². The van der Waals surface area contributed by atoms with Crippen molar-refractivity contribution in [1.82, 2.24) is 4.72 Å². The predicted octanol–water partition coefficient (Wildman–Crippen LogP) is 1.29. The summed E-state index contributed by atoms with van der Waals surface area (Å²) >= 11 is 1.23. The molecule has 1 aromatic rings. The Labute approximate surface area is 121 Å². The zero-order valence-electron chi connectivity index (χ0n) is 10.9. The molecule has 0 aromatic heterocycles. The Bertz CT molecular complexity index is 598. The molecule has 1 amide bonds. The largest absolute Gasteiger partial charge is 0.273 e. The minimum atomic E-state index is -3.80. The molecular formula is C11H14N2O5S2. The van der Waals surface area contributed by atoms with Gasteiger partial charge in [-0.2, -0.15) is 11.8 Å². The fourth-order valence-corrected chi connectivity index (χ4v) is 2.85. The molecule has 110 valence electrons. The zero-order valence-corrected chi connectivity index (χ0v) is 12.5. The van der Waals surface area contributed by atoms with Crippen molar-refractivity contribution in [3.8, 4) is 0 Å². The smallest absolute Gasteiger partial charge is 0.269 e. The van der Waals surface area contributed by atoms with Crippen molar-refractivity contribution in [3.63, 3.8) is 0 Å². The van der Waals surface area contributed by atoms with Crippen LogP contribution in [0.2, 0.25) is 0 Å². The monoisotopic (exact) mass is 318 g/mol. The average Bonchev–Trinajstić information content (AvgIpc) is 2.37. The number of thioether (sulfide) groups is 1. The van der Waals surface area contributed by atoms with Crippen molar-refractivity contribution in [2.75, 3.05) is 6.26 Å². The van der Waals surface area contributed by atoms with Crippen LogP contribution in [0, 0.1) is 10.1 Å². The lowest BCUT2D eigenvalue weighted by atomic mass is 10.2. The Hall–Kier alpha value is -1.61. The first kappa shape index (κ1) is 16.4.